The maximum absolute atomic E-state index is 12.9. The number of carbonyl (C=O) groups is 3. The number of ether oxygens (including phenoxy) is 1. The number of nitrogens with zero attached hydrogens (tertiary/aromatic N) is 5. The second-order valence-electron chi connectivity index (χ2n) is 8.99. The molecule has 3 heterocycles. The largest absolute Gasteiger partial charge is 0.459 e. The zero-order valence-corrected chi connectivity index (χ0v) is 18.7. The lowest BCUT2D eigenvalue weighted by Crippen LogP contribution is -2.52. The molecule has 2 fully saturated rings. The topological polar surface area (TPSA) is 95.9 Å². The summed E-state index contributed by atoms with van der Waals surface area (Å²) in [5.74, 6) is -0.709. The van der Waals surface area contributed by atoms with Crippen LogP contribution >= 0.6 is 0 Å². The van der Waals surface area contributed by atoms with Crippen molar-refractivity contribution < 1.29 is 19.1 Å². The van der Waals surface area contributed by atoms with E-state index in [1.165, 1.54) is 4.90 Å². The van der Waals surface area contributed by atoms with Crippen molar-refractivity contribution in [1.29, 1.82) is 0 Å². The molecule has 3 aliphatic rings. The first kappa shape index (κ1) is 22.4. The van der Waals surface area contributed by atoms with Crippen molar-refractivity contribution in [3.63, 3.8) is 0 Å². The highest BCUT2D eigenvalue weighted by Crippen LogP contribution is 2.35. The normalized spacial score (nSPS) is 24.7. The van der Waals surface area contributed by atoms with Gasteiger partial charge in [0.15, 0.2) is 0 Å². The first-order valence-electron chi connectivity index (χ1n) is 11.4. The Bertz CT molecular complexity index is 840. The van der Waals surface area contributed by atoms with E-state index in [1.807, 2.05) is 12.2 Å². The van der Waals surface area contributed by atoms with Crippen LogP contribution < -0.4 is 4.90 Å². The van der Waals surface area contributed by atoms with Crippen molar-refractivity contribution in [3.05, 3.63) is 30.6 Å². The molecule has 0 bridgehead atoms. The number of carbonyl (C=O) groups excluding carboxylic acids is 3. The van der Waals surface area contributed by atoms with Crippen LogP contribution in [0.15, 0.2) is 30.6 Å². The maximum atomic E-state index is 12.9. The molecule has 32 heavy (non-hydrogen) atoms. The molecular formula is C23H31N5O4. The van der Waals surface area contributed by atoms with Gasteiger partial charge in [-0.1, -0.05) is 26.0 Å². The van der Waals surface area contributed by atoms with E-state index in [2.05, 4.69) is 19.8 Å². The Labute approximate surface area is 188 Å². The van der Waals surface area contributed by atoms with E-state index < -0.39 is 6.10 Å². The first-order valence-corrected chi connectivity index (χ1v) is 11.4. The summed E-state index contributed by atoms with van der Waals surface area (Å²) in [5.41, 5.74) is 0. The van der Waals surface area contributed by atoms with Crippen LogP contribution in [-0.4, -0.2) is 82.9 Å². The third-order valence-corrected chi connectivity index (χ3v) is 6.41. The Morgan fingerprint density at radius 2 is 1.59 bits per heavy atom. The number of aromatic nitrogens is 2. The average Bonchev–Trinajstić information content (AvgIpc) is 3.05. The molecule has 0 saturated carbocycles. The minimum absolute atomic E-state index is 0.116. The van der Waals surface area contributed by atoms with Gasteiger partial charge in [0.2, 0.25) is 17.8 Å². The molecule has 0 aromatic carbocycles. The number of fused-ring (bicyclic) bond motifs is 1. The van der Waals surface area contributed by atoms with Gasteiger partial charge < -0.3 is 9.64 Å². The molecular weight excluding hydrogens is 410 g/mol. The summed E-state index contributed by atoms with van der Waals surface area (Å²) in [5, 5.41) is 0. The van der Waals surface area contributed by atoms with Gasteiger partial charge in [-0.25, -0.2) is 9.97 Å². The number of rotatable bonds is 7. The number of anilines is 1. The lowest BCUT2D eigenvalue weighted by Gasteiger charge is -2.36. The number of imide groups is 1. The number of allylic oxidation sites excluding steroid dienone is 2. The average molecular weight is 442 g/mol. The summed E-state index contributed by atoms with van der Waals surface area (Å²) < 4.78 is 5.76. The molecule has 0 spiro atoms. The van der Waals surface area contributed by atoms with Crippen molar-refractivity contribution in [2.45, 2.75) is 32.8 Å². The van der Waals surface area contributed by atoms with E-state index in [4.69, 9.17) is 4.74 Å². The van der Waals surface area contributed by atoms with Crippen molar-refractivity contribution in [2.75, 3.05) is 44.2 Å². The Balaban J connectivity index is 1.39. The van der Waals surface area contributed by atoms with Gasteiger partial charge in [-0.15, -0.1) is 0 Å². The zero-order chi connectivity index (χ0) is 22.7. The molecule has 0 N–H and O–H groups in total. The monoisotopic (exact) mass is 441 g/mol. The summed E-state index contributed by atoms with van der Waals surface area (Å²) >= 11 is 0. The van der Waals surface area contributed by atoms with Crippen LogP contribution in [0, 0.1) is 17.8 Å². The number of hydrogen-bond acceptors (Lipinski definition) is 8. The highest BCUT2D eigenvalue weighted by atomic mass is 16.5. The van der Waals surface area contributed by atoms with Crippen LogP contribution in [-0.2, 0) is 19.1 Å². The Hall–Kier alpha value is -2.81. The number of amides is 2. The van der Waals surface area contributed by atoms with Crippen LogP contribution in [0.3, 0.4) is 0 Å². The minimum Gasteiger partial charge on any atom is -0.459 e. The predicted molar refractivity (Wildman–Crippen MR) is 117 cm³/mol. The van der Waals surface area contributed by atoms with Gasteiger partial charge in [-0.2, -0.15) is 0 Å². The molecule has 3 atom stereocenters. The fraction of sp³-hybridized carbons (Fsp3) is 0.609. The molecule has 172 valence electrons. The van der Waals surface area contributed by atoms with E-state index in [1.54, 1.807) is 32.3 Å². The van der Waals surface area contributed by atoms with Crippen molar-refractivity contribution in [1.82, 2.24) is 19.8 Å². The standard InChI is InChI=1S/C23H31N5O4/c1-16(2)22(31)32-17(15-28-20(29)18-6-3-4-7-19(18)21(28)30)14-26-10-12-27(13-11-26)23-24-8-5-9-25-23/h3-5,8-9,16-19H,6-7,10-15H2,1-2H3/t17?,18-,19+. The minimum atomic E-state index is -0.551. The SMILES string of the molecule is CC(C)C(=O)OC(CN1CCN(c2ncccn2)CC1)CN1C(=O)[C@H]2CC=CC[C@H]2C1=O. The Morgan fingerprint density at radius 3 is 2.16 bits per heavy atom. The highest BCUT2D eigenvalue weighted by molar-refractivity contribution is 6.05. The van der Waals surface area contributed by atoms with Crippen LogP contribution in [0.25, 0.3) is 0 Å². The Morgan fingerprint density at radius 1 is 1.00 bits per heavy atom. The number of hydrogen-bond donors (Lipinski definition) is 0. The van der Waals surface area contributed by atoms with Gasteiger partial charge in [0.1, 0.15) is 6.10 Å². The molecule has 9 heteroatoms. The second kappa shape index (κ2) is 9.77. The summed E-state index contributed by atoms with van der Waals surface area (Å²) in [4.78, 5) is 52.4. The zero-order valence-electron chi connectivity index (χ0n) is 18.7. The van der Waals surface area contributed by atoms with Crippen molar-refractivity contribution in [3.8, 4) is 0 Å². The van der Waals surface area contributed by atoms with E-state index in [-0.39, 0.29) is 42.1 Å². The molecule has 1 aromatic heterocycles. The van der Waals surface area contributed by atoms with Gasteiger partial charge >= 0.3 is 5.97 Å². The van der Waals surface area contributed by atoms with E-state index >= 15 is 0 Å². The number of likely N-dealkylation sites (tertiary alicyclic amines) is 1. The highest BCUT2D eigenvalue weighted by Gasteiger charge is 2.48. The van der Waals surface area contributed by atoms with Gasteiger partial charge in [0.25, 0.3) is 0 Å². The van der Waals surface area contributed by atoms with E-state index in [9.17, 15) is 14.4 Å². The van der Waals surface area contributed by atoms with Gasteiger partial charge in [0.05, 0.1) is 24.3 Å². The van der Waals surface area contributed by atoms with Crippen LogP contribution in [0.2, 0.25) is 0 Å². The van der Waals surface area contributed by atoms with Gasteiger partial charge in [-0.05, 0) is 18.9 Å². The van der Waals surface area contributed by atoms with Crippen LogP contribution in [0.5, 0.6) is 0 Å². The third-order valence-electron chi connectivity index (χ3n) is 6.41. The summed E-state index contributed by atoms with van der Waals surface area (Å²) in [6.45, 7) is 7.18. The smallest absolute Gasteiger partial charge is 0.308 e. The lowest BCUT2D eigenvalue weighted by molar-refractivity contribution is -0.158. The number of piperazine rings is 1. The van der Waals surface area contributed by atoms with Gasteiger partial charge in [-0.3, -0.25) is 24.2 Å². The van der Waals surface area contributed by atoms with E-state index in [0.717, 1.165) is 26.2 Å². The number of esters is 1. The molecule has 4 rings (SSSR count). The predicted octanol–water partition coefficient (Wildman–Crippen LogP) is 1.12. The van der Waals surface area contributed by atoms with Crippen molar-refractivity contribution >= 4 is 23.7 Å². The molecule has 1 aliphatic carbocycles. The second-order valence-corrected chi connectivity index (χ2v) is 8.99. The Kier molecular flexibility index (Phi) is 6.83. The fourth-order valence-corrected chi connectivity index (χ4v) is 4.56. The lowest BCUT2D eigenvalue weighted by atomic mass is 9.85. The maximum Gasteiger partial charge on any atom is 0.308 e. The van der Waals surface area contributed by atoms with Gasteiger partial charge in [0, 0.05) is 45.1 Å². The molecule has 2 saturated heterocycles. The summed E-state index contributed by atoms with van der Waals surface area (Å²) in [7, 11) is 0. The molecule has 2 amide bonds. The molecule has 1 unspecified atom stereocenters. The fourth-order valence-electron chi connectivity index (χ4n) is 4.56. The van der Waals surface area contributed by atoms with Crippen LogP contribution in [0.1, 0.15) is 26.7 Å². The third kappa shape index (κ3) is 4.82. The van der Waals surface area contributed by atoms with Crippen LogP contribution in [0.4, 0.5) is 5.95 Å². The molecule has 2 aliphatic heterocycles. The molecule has 1 aromatic rings. The van der Waals surface area contributed by atoms with Crippen molar-refractivity contribution in [2.24, 2.45) is 17.8 Å². The quantitative estimate of drug-likeness (QED) is 0.353. The first-order chi connectivity index (χ1) is 15.4. The van der Waals surface area contributed by atoms with E-state index in [0.29, 0.717) is 25.3 Å². The molecule has 0 radical (unpaired) electrons. The summed E-state index contributed by atoms with van der Waals surface area (Å²) in [6.07, 6.45) is 8.06. The summed E-state index contributed by atoms with van der Waals surface area (Å²) in [6, 6.07) is 1.79. The molecule has 9 nitrogen and oxygen atoms in total.